The quantitative estimate of drug-likeness (QED) is 0.738. The predicted molar refractivity (Wildman–Crippen MR) is 69.1 cm³/mol. The van der Waals surface area contributed by atoms with Gasteiger partial charge in [-0.2, -0.15) is 0 Å². The highest BCUT2D eigenvalue weighted by atomic mass is 16.4. The fraction of sp³-hybridized carbons (Fsp3) is 0.769. The zero-order chi connectivity index (χ0) is 14.6. The summed E-state index contributed by atoms with van der Waals surface area (Å²) in [6, 6.07) is 0.0171. The van der Waals surface area contributed by atoms with E-state index in [1.807, 2.05) is 0 Å². The predicted octanol–water partition coefficient (Wildman–Crippen LogP) is 0.600. The lowest BCUT2D eigenvalue weighted by atomic mass is 9.94. The zero-order valence-electron chi connectivity index (χ0n) is 11.5. The van der Waals surface area contributed by atoms with E-state index in [1.165, 1.54) is 11.8 Å². The zero-order valence-corrected chi connectivity index (χ0v) is 11.5. The molecular formula is C13H22N2O4. The van der Waals surface area contributed by atoms with E-state index in [9.17, 15) is 14.4 Å². The van der Waals surface area contributed by atoms with Gasteiger partial charge in [0.2, 0.25) is 11.8 Å². The standard InChI is InChI=1S/C13H22N2O4/c1-8(9(2)13(18)19)12(17)15(7-11(14)16)10-5-3-4-6-10/h8-10H,3-7H2,1-2H3,(H2,14,16)(H,18,19). The molecule has 1 fully saturated rings. The van der Waals surface area contributed by atoms with Crippen LogP contribution in [-0.2, 0) is 14.4 Å². The molecule has 2 unspecified atom stereocenters. The summed E-state index contributed by atoms with van der Waals surface area (Å²) in [6.07, 6.45) is 3.76. The Morgan fingerprint density at radius 2 is 1.74 bits per heavy atom. The highest BCUT2D eigenvalue weighted by molar-refractivity contribution is 5.88. The van der Waals surface area contributed by atoms with Crippen molar-refractivity contribution in [2.24, 2.45) is 17.6 Å². The lowest BCUT2D eigenvalue weighted by Crippen LogP contribution is -2.48. The maximum Gasteiger partial charge on any atom is 0.307 e. The second-order valence-corrected chi connectivity index (χ2v) is 5.29. The third kappa shape index (κ3) is 3.94. The summed E-state index contributed by atoms with van der Waals surface area (Å²) < 4.78 is 0. The normalized spacial score (nSPS) is 18.8. The second kappa shape index (κ2) is 6.54. The SMILES string of the molecule is CC(C(=O)O)C(C)C(=O)N(CC(N)=O)C1CCCC1. The number of hydrogen-bond acceptors (Lipinski definition) is 3. The van der Waals surface area contributed by atoms with Crippen LogP contribution >= 0.6 is 0 Å². The highest BCUT2D eigenvalue weighted by Crippen LogP contribution is 2.26. The summed E-state index contributed by atoms with van der Waals surface area (Å²) in [5.74, 6) is -3.29. The maximum absolute atomic E-state index is 12.4. The van der Waals surface area contributed by atoms with Gasteiger partial charge in [-0.15, -0.1) is 0 Å². The van der Waals surface area contributed by atoms with Gasteiger partial charge < -0.3 is 15.7 Å². The fourth-order valence-electron chi connectivity index (χ4n) is 2.46. The van der Waals surface area contributed by atoms with Crippen LogP contribution in [0.4, 0.5) is 0 Å². The Balaban J connectivity index is 2.81. The van der Waals surface area contributed by atoms with Crippen molar-refractivity contribution in [3.63, 3.8) is 0 Å². The van der Waals surface area contributed by atoms with Gasteiger partial charge in [0.05, 0.1) is 12.5 Å². The van der Waals surface area contributed by atoms with Crippen molar-refractivity contribution >= 4 is 17.8 Å². The number of rotatable bonds is 6. The first-order chi connectivity index (χ1) is 8.84. The first-order valence-electron chi connectivity index (χ1n) is 6.66. The Labute approximate surface area is 112 Å². The van der Waals surface area contributed by atoms with Crippen molar-refractivity contribution in [1.29, 1.82) is 0 Å². The van der Waals surface area contributed by atoms with Crippen LogP contribution in [0.15, 0.2) is 0 Å². The molecule has 0 aromatic heterocycles. The monoisotopic (exact) mass is 270 g/mol. The van der Waals surface area contributed by atoms with Gasteiger partial charge in [0.1, 0.15) is 0 Å². The van der Waals surface area contributed by atoms with Crippen LogP contribution in [0.2, 0.25) is 0 Å². The van der Waals surface area contributed by atoms with Crippen LogP contribution in [0.3, 0.4) is 0 Å². The molecule has 0 spiro atoms. The number of amides is 2. The molecule has 1 aliphatic carbocycles. The Bertz CT molecular complexity index is 364. The molecule has 0 aromatic rings. The van der Waals surface area contributed by atoms with Crippen LogP contribution in [0, 0.1) is 11.8 Å². The van der Waals surface area contributed by atoms with E-state index in [-0.39, 0.29) is 18.5 Å². The number of carboxylic acid groups (broad SMARTS) is 1. The van der Waals surface area contributed by atoms with Gasteiger partial charge in [-0.1, -0.05) is 26.7 Å². The highest BCUT2D eigenvalue weighted by Gasteiger charge is 2.34. The number of nitrogens with two attached hydrogens (primary N) is 1. The molecule has 1 saturated carbocycles. The van der Waals surface area contributed by atoms with Gasteiger partial charge >= 0.3 is 5.97 Å². The molecule has 108 valence electrons. The Hall–Kier alpha value is -1.59. The Kier molecular flexibility index (Phi) is 5.32. The summed E-state index contributed by atoms with van der Waals surface area (Å²) in [5.41, 5.74) is 5.19. The molecule has 0 heterocycles. The molecule has 0 aromatic carbocycles. The first kappa shape index (κ1) is 15.5. The largest absolute Gasteiger partial charge is 0.481 e. The lowest BCUT2D eigenvalue weighted by molar-refractivity contribution is -0.150. The second-order valence-electron chi connectivity index (χ2n) is 5.29. The average molecular weight is 270 g/mol. The van der Waals surface area contributed by atoms with E-state index in [0.717, 1.165) is 25.7 Å². The number of carbonyl (C=O) groups is 3. The van der Waals surface area contributed by atoms with Crippen LogP contribution < -0.4 is 5.73 Å². The molecule has 2 amide bonds. The molecular weight excluding hydrogens is 248 g/mol. The summed E-state index contributed by atoms with van der Waals surface area (Å²) in [6.45, 7) is 2.96. The van der Waals surface area contributed by atoms with E-state index in [1.54, 1.807) is 6.92 Å². The molecule has 0 radical (unpaired) electrons. The molecule has 0 bridgehead atoms. The van der Waals surface area contributed by atoms with Gasteiger partial charge in [-0.05, 0) is 12.8 Å². The molecule has 0 saturated heterocycles. The van der Waals surface area contributed by atoms with E-state index in [2.05, 4.69) is 0 Å². The smallest absolute Gasteiger partial charge is 0.307 e. The number of nitrogens with zero attached hydrogens (tertiary/aromatic N) is 1. The molecule has 1 aliphatic rings. The van der Waals surface area contributed by atoms with Gasteiger partial charge in [0.15, 0.2) is 0 Å². The molecule has 6 heteroatoms. The Morgan fingerprint density at radius 3 is 2.16 bits per heavy atom. The minimum absolute atomic E-state index is 0.0171. The van der Waals surface area contributed by atoms with Crippen molar-refractivity contribution in [2.45, 2.75) is 45.6 Å². The summed E-state index contributed by atoms with van der Waals surface area (Å²) in [5, 5.41) is 8.97. The molecule has 0 aliphatic heterocycles. The number of carboxylic acids is 1. The molecule has 1 rings (SSSR count). The summed E-state index contributed by atoms with van der Waals surface area (Å²) in [7, 11) is 0. The average Bonchev–Trinajstić information content (AvgIpc) is 2.86. The minimum atomic E-state index is -1.01. The lowest BCUT2D eigenvalue weighted by Gasteiger charge is -2.31. The molecule has 6 nitrogen and oxygen atoms in total. The number of aliphatic carboxylic acids is 1. The van der Waals surface area contributed by atoms with Crippen LogP contribution in [0.25, 0.3) is 0 Å². The van der Waals surface area contributed by atoms with Crippen LogP contribution in [0.1, 0.15) is 39.5 Å². The summed E-state index contributed by atoms with van der Waals surface area (Å²) in [4.78, 5) is 35.9. The molecule has 3 N–H and O–H groups in total. The minimum Gasteiger partial charge on any atom is -0.481 e. The van der Waals surface area contributed by atoms with E-state index >= 15 is 0 Å². The van der Waals surface area contributed by atoms with Crippen molar-refractivity contribution in [1.82, 2.24) is 4.90 Å². The third-order valence-corrected chi connectivity index (χ3v) is 3.90. The van der Waals surface area contributed by atoms with Gasteiger partial charge in [-0.3, -0.25) is 14.4 Å². The molecule has 19 heavy (non-hydrogen) atoms. The first-order valence-corrected chi connectivity index (χ1v) is 6.66. The number of primary amides is 1. The fourth-order valence-corrected chi connectivity index (χ4v) is 2.46. The van der Waals surface area contributed by atoms with Crippen molar-refractivity contribution in [2.75, 3.05) is 6.54 Å². The summed E-state index contributed by atoms with van der Waals surface area (Å²) >= 11 is 0. The van der Waals surface area contributed by atoms with Crippen molar-refractivity contribution in [3.05, 3.63) is 0 Å². The maximum atomic E-state index is 12.4. The third-order valence-electron chi connectivity index (χ3n) is 3.90. The van der Waals surface area contributed by atoms with E-state index in [4.69, 9.17) is 10.8 Å². The van der Waals surface area contributed by atoms with E-state index < -0.39 is 23.7 Å². The van der Waals surface area contributed by atoms with Gasteiger partial charge in [0.25, 0.3) is 0 Å². The molecule has 2 atom stereocenters. The number of hydrogen-bond donors (Lipinski definition) is 2. The van der Waals surface area contributed by atoms with Crippen LogP contribution in [0.5, 0.6) is 0 Å². The van der Waals surface area contributed by atoms with Crippen LogP contribution in [-0.4, -0.2) is 40.4 Å². The Morgan fingerprint density at radius 1 is 1.21 bits per heavy atom. The van der Waals surface area contributed by atoms with Crippen molar-refractivity contribution < 1.29 is 19.5 Å². The number of carbonyl (C=O) groups excluding carboxylic acids is 2. The van der Waals surface area contributed by atoms with E-state index in [0.29, 0.717) is 0 Å². The van der Waals surface area contributed by atoms with Crippen molar-refractivity contribution in [3.8, 4) is 0 Å². The topological polar surface area (TPSA) is 101 Å². The van der Waals surface area contributed by atoms with Gasteiger partial charge in [0, 0.05) is 12.0 Å². The van der Waals surface area contributed by atoms with Gasteiger partial charge in [-0.25, -0.2) is 0 Å².